The van der Waals surface area contributed by atoms with Crippen LogP contribution in [-0.4, -0.2) is 16.5 Å². The van der Waals surface area contributed by atoms with Crippen LogP contribution in [0.2, 0.25) is 0 Å². The van der Waals surface area contributed by atoms with Crippen molar-refractivity contribution in [1.29, 1.82) is 5.26 Å². The van der Waals surface area contributed by atoms with Gasteiger partial charge in [0.05, 0.1) is 11.3 Å². The Kier molecular flexibility index (Phi) is 4.51. The zero-order valence-electron chi connectivity index (χ0n) is 11.6. The number of nitrogens with zero attached hydrogens (tertiary/aromatic N) is 3. The van der Waals surface area contributed by atoms with Crippen molar-refractivity contribution in [3.05, 3.63) is 42.1 Å². The first-order chi connectivity index (χ1) is 9.69. The SMILES string of the molecule is CC(C)CNc1ccnc(Nc2ccccc2C#N)n1. The smallest absolute Gasteiger partial charge is 0.229 e. The Labute approximate surface area is 118 Å². The van der Waals surface area contributed by atoms with Crippen LogP contribution in [0.5, 0.6) is 0 Å². The quantitative estimate of drug-likeness (QED) is 0.870. The summed E-state index contributed by atoms with van der Waals surface area (Å²) in [7, 11) is 0. The fraction of sp³-hybridized carbons (Fsp3) is 0.267. The molecule has 2 aromatic rings. The average Bonchev–Trinajstić information content (AvgIpc) is 2.46. The summed E-state index contributed by atoms with van der Waals surface area (Å²) in [6, 6.07) is 11.2. The monoisotopic (exact) mass is 267 g/mol. The number of anilines is 3. The van der Waals surface area contributed by atoms with E-state index in [1.54, 1.807) is 12.3 Å². The molecule has 20 heavy (non-hydrogen) atoms. The molecule has 0 amide bonds. The Hall–Kier alpha value is -2.61. The molecule has 0 saturated carbocycles. The van der Waals surface area contributed by atoms with Crippen LogP contribution in [0.15, 0.2) is 36.5 Å². The molecule has 0 radical (unpaired) electrons. The predicted molar refractivity (Wildman–Crippen MR) is 79.8 cm³/mol. The Morgan fingerprint density at radius 1 is 1.25 bits per heavy atom. The second-order valence-electron chi connectivity index (χ2n) is 4.82. The van der Waals surface area contributed by atoms with Crippen molar-refractivity contribution in [3.8, 4) is 6.07 Å². The van der Waals surface area contributed by atoms with E-state index in [4.69, 9.17) is 5.26 Å². The summed E-state index contributed by atoms with van der Waals surface area (Å²) >= 11 is 0. The third kappa shape index (κ3) is 3.69. The standard InChI is InChI=1S/C15H17N5/c1-11(2)10-18-14-7-8-17-15(20-14)19-13-6-4-3-5-12(13)9-16/h3-8,11H,10H2,1-2H3,(H2,17,18,19,20). The molecule has 5 heteroatoms. The van der Waals surface area contributed by atoms with Crippen molar-refractivity contribution in [3.63, 3.8) is 0 Å². The van der Waals surface area contributed by atoms with E-state index in [0.717, 1.165) is 12.4 Å². The fourth-order valence-corrected chi connectivity index (χ4v) is 1.64. The molecule has 1 heterocycles. The molecule has 0 aliphatic carbocycles. The van der Waals surface area contributed by atoms with Gasteiger partial charge in [-0.05, 0) is 24.1 Å². The van der Waals surface area contributed by atoms with Crippen LogP contribution in [0.1, 0.15) is 19.4 Å². The van der Waals surface area contributed by atoms with Crippen LogP contribution in [0.25, 0.3) is 0 Å². The molecule has 1 aromatic carbocycles. The lowest BCUT2D eigenvalue weighted by Gasteiger charge is -2.10. The molecule has 0 spiro atoms. The highest BCUT2D eigenvalue weighted by Crippen LogP contribution is 2.18. The normalized spacial score (nSPS) is 10.1. The third-order valence-electron chi connectivity index (χ3n) is 2.64. The highest BCUT2D eigenvalue weighted by molar-refractivity contribution is 5.63. The number of hydrogen-bond donors (Lipinski definition) is 2. The lowest BCUT2D eigenvalue weighted by Crippen LogP contribution is -2.10. The van der Waals surface area contributed by atoms with Gasteiger partial charge in [0.2, 0.25) is 5.95 Å². The molecule has 0 saturated heterocycles. The van der Waals surface area contributed by atoms with E-state index >= 15 is 0 Å². The minimum Gasteiger partial charge on any atom is -0.370 e. The Bertz CT molecular complexity index is 616. The average molecular weight is 267 g/mol. The van der Waals surface area contributed by atoms with Gasteiger partial charge in [-0.3, -0.25) is 0 Å². The van der Waals surface area contributed by atoms with Crippen molar-refractivity contribution < 1.29 is 0 Å². The lowest BCUT2D eigenvalue weighted by molar-refractivity contribution is 0.687. The number of rotatable bonds is 5. The zero-order valence-corrected chi connectivity index (χ0v) is 11.6. The Morgan fingerprint density at radius 3 is 2.80 bits per heavy atom. The summed E-state index contributed by atoms with van der Waals surface area (Å²) in [6.45, 7) is 5.12. The van der Waals surface area contributed by atoms with E-state index in [-0.39, 0.29) is 0 Å². The number of para-hydroxylation sites is 1. The van der Waals surface area contributed by atoms with Crippen LogP contribution in [0, 0.1) is 17.2 Å². The van der Waals surface area contributed by atoms with Crippen LogP contribution in [-0.2, 0) is 0 Å². The molecule has 102 valence electrons. The van der Waals surface area contributed by atoms with Gasteiger partial charge in [-0.15, -0.1) is 0 Å². The summed E-state index contributed by atoms with van der Waals surface area (Å²) < 4.78 is 0. The van der Waals surface area contributed by atoms with Gasteiger partial charge in [0.15, 0.2) is 0 Å². The highest BCUT2D eigenvalue weighted by Gasteiger charge is 2.04. The minimum absolute atomic E-state index is 0.474. The molecular weight excluding hydrogens is 250 g/mol. The topological polar surface area (TPSA) is 73.6 Å². The third-order valence-corrected chi connectivity index (χ3v) is 2.64. The van der Waals surface area contributed by atoms with Crippen molar-refractivity contribution in [1.82, 2.24) is 9.97 Å². The summed E-state index contributed by atoms with van der Waals surface area (Å²) in [4.78, 5) is 8.54. The van der Waals surface area contributed by atoms with E-state index in [1.807, 2.05) is 24.3 Å². The molecule has 1 aromatic heterocycles. The molecule has 0 aliphatic heterocycles. The largest absolute Gasteiger partial charge is 0.370 e. The molecule has 5 nitrogen and oxygen atoms in total. The van der Waals surface area contributed by atoms with Gasteiger partial charge in [-0.25, -0.2) is 4.98 Å². The van der Waals surface area contributed by atoms with Crippen LogP contribution in [0.4, 0.5) is 17.5 Å². The van der Waals surface area contributed by atoms with Crippen molar-refractivity contribution in [2.24, 2.45) is 5.92 Å². The van der Waals surface area contributed by atoms with Gasteiger partial charge in [0.1, 0.15) is 11.9 Å². The van der Waals surface area contributed by atoms with Crippen molar-refractivity contribution >= 4 is 17.5 Å². The number of benzene rings is 1. The number of nitrogens with one attached hydrogen (secondary N) is 2. The van der Waals surface area contributed by atoms with Gasteiger partial charge in [0.25, 0.3) is 0 Å². The molecule has 0 bridgehead atoms. The van der Waals surface area contributed by atoms with Gasteiger partial charge in [-0.1, -0.05) is 26.0 Å². The van der Waals surface area contributed by atoms with Crippen molar-refractivity contribution in [2.45, 2.75) is 13.8 Å². The lowest BCUT2D eigenvalue weighted by atomic mass is 10.2. The number of hydrogen-bond acceptors (Lipinski definition) is 5. The van der Waals surface area contributed by atoms with Crippen LogP contribution in [0.3, 0.4) is 0 Å². The zero-order chi connectivity index (χ0) is 14.4. The molecule has 0 aliphatic rings. The Morgan fingerprint density at radius 2 is 2.05 bits per heavy atom. The first-order valence-electron chi connectivity index (χ1n) is 6.52. The van der Waals surface area contributed by atoms with Gasteiger partial charge in [-0.2, -0.15) is 10.2 Å². The van der Waals surface area contributed by atoms with Crippen molar-refractivity contribution in [2.75, 3.05) is 17.2 Å². The second kappa shape index (κ2) is 6.53. The molecule has 2 rings (SSSR count). The summed E-state index contributed by atoms with van der Waals surface area (Å²) in [5, 5.41) is 15.4. The molecule has 2 N–H and O–H groups in total. The van der Waals surface area contributed by atoms with Crippen LogP contribution < -0.4 is 10.6 Å². The maximum absolute atomic E-state index is 9.05. The molecule has 0 fully saturated rings. The van der Waals surface area contributed by atoms with Gasteiger partial charge >= 0.3 is 0 Å². The maximum atomic E-state index is 9.05. The maximum Gasteiger partial charge on any atom is 0.229 e. The number of nitriles is 1. The number of aromatic nitrogens is 2. The summed E-state index contributed by atoms with van der Waals surface area (Å²) in [5.74, 6) is 1.78. The van der Waals surface area contributed by atoms with Gasteiger partial charge in [0, 0.05) is 12.7 Å². The summed E-state index contributed by atoms with van der Waals surface area (Å²) in [5.41, 5.74) is 1.27. The summed E-state index contributed by atoms with van der Waals surface area (Å²) in [6.07, 6.45) is 1.69. The highest BCUT2D eigenvalue weighted by atomic mass is 15.1. The van der Waals surface area contributed by atoms with E-state index in [2.05, 4.69) is 40.5 Å². The molecule has 0 unspecified atom stereocenters. The minimum atomic E-state index is 0.474. The Balaban J connectivity index is 2.14. The van der Waals surface area contributed by atoms with E-state index in [0.29, 0.717) is 23.1 Å². The first-order valence-corrected chi connectivity index (χ1v) is 6.52. The predicted octanol–water partition coefficient (Wildman–Crippen LogP) is 3.16. The fourth-order valence-electron chi connectivity index (χ4n) is 1.64. The second-order valence-corrected chi connectivity index (χ2v) is 4.82. The van der Waals surface area contributed by atoms with Gasteiger partial charge < -0.3 is 10.6 Å². The molecule has 0 atom stereocenters. The molecular formula is C15H17N5. The first kappa shape index (κ1) is 13.8. The van der Waals surface area contributed by atoms with E-state index < -0.39 is 0 Å². The van der Waals surface area contributed by atoms with Crippen LogP contribution >= 0.6 is 0 Å². The van der Waals surface area contributed by atoms with E-state index in [1.165, 1.54) is 0 Å². The van der Waals surface area contributed by atoms with E-state index in [9.17, 15) is 0 Å².